The van der Waals surface area contributed by atoms with E-state index in [0.717, 1.165) is 0 Å². The molecule has 0 saturated carbocycles. The van der Waals surface area contributed by atoms with Crippen molar-refractivity contribution in [3.63, 3.8) is 0 Å². The predicted molar refractivity (Wildman–Crippen MR) is 96.4 cm³/mol. The quantitative estimate of drug-likeness (QED) is 0.925. The molecule has 1 N–H and O–H groups in total. The van der Waals surface area contributed by atoms with Crippen LogP contribution in [0.25, 0.3) is 0 Å². The Morgan fingerprint density at radius 3 is 2.72 bits per heavy atom. The maximum absolute atomic E-state index is 12.7. The molecule has 0 aromatic carbocycles. The van der Waals surface area contributed by atoms with Crippen LogP contribution >= 0.6 is 0 Å². The van der Waals surface area contributed by atoms with Crippen molar-refractivity contribution in [1.29, 1.82) is 0 Å². The minimum absolute atomic E-state index is 0.0434. The second kappa shape index (κ2) is 6.02. The van der Waals surface area contributed by atoms with E-state index in [9.17, 15) is 9.59 Å². The predicted octanol–water partition coefficient (Wildman–Crippen LogP) is 3.46. The van der Waals surface area contributed by atoms with Crippen LogP contribution in [0.1, 0.15) is 52.5 Å². The molecule has 2 aromatic rings. The van der Waals surface area contributed by atoms with Crippen LogP contribution in [0.15, 0.2) is 22.7 Å². The van der Waals surface area contributed by atoms with E-state index in [4.69, 9.17) is 4.42 Å². The van der Waals surface area contributed by atoms with E-state index in [1.54, 1.807) is 25.3 Å². The van der Waals surface area contributed by atoms with Gasteiger partial charge in [-0.05, 0) is 24.5 Å². The molecule has 2 heterocycles. The van der Waals surface area contributed by atoms with Gasteiger partial charge in [-0.1, -0.05) is 13.8 Å². The first-order valence-electron chi connectivity index (χ1n) is 8.29. The molecular weight excluding hydrogens is 318 g/mol. The van der Waals surface area contributed by atoms with E-state index in [-0.39, 0.29) is 22.9 Å². The van der Waals surface area contributed by atoms with Crippen molar-refractivity contribution < 1.29 is 14.0 Å². The number of nitrogens with one attached hydrogen (secondary N) is 1. The zero-order valence-electron chi connectivity index (χ0n) is 15.3. The first-order valence-corrected chi connectivity index (χ1v) is 8.29. The van der Waals surface area contributed by atoms with Gasteiger partial charge in [-0.15, -0.1) is 0 Å². The maximum Gasteiger partial charge on any atom is 0.291 e. The summed E-state index contributed by atoms with van der Waals surface area (Å²) in [6.45, 7) is 5.83. The number of aromatic nitrogens is 1. The van der Waals surface area contributed by atoms with E-state index >= 15 is 0 Å². The highest BCUT2D eigenvalue weighted by Crippen LogP contribution is 2.38. The lowest BCUT2D eigenvalue weighted by Gasteiger charge is -2.27. The van der Waals surface area contributed by atoms with Crippen LogP contribution in [0, 0.1) is 12.3 Å². The summed E-state index contributed by atoms with van der Waals surface area (Å²) in [7, 11) is 3.71. The zero-order chi connectivity index (χ0) is 18.4. The second-order valence-corrected chi connectivity index (χ2v) is 7.52. The Kier molecular flexibility index (Phi) is 4.14. The number of furan rings is 1. The van der Waals surface area contributed by atoms with E-state index < -0.39 is 0 Å². The molecule has 0 spiro atoms. The summed E-state index contributed by atoms with van der Waals surface area (Å²) in [6.07, 6.45) is 2.79. The van der Waals surface area contributed by atoms with Crippen LogP contribution in [-0.2, 0) is 6.42 Å². The molecule has 0 fully saturated rings. The summed E-state index contributed by atoms with van der Waals surface area (Å²) in [5.41, 5.74) is 1.63. The lowest BCUT2D eigenvalue weighted by molar-refractivity contribution is 0.0898. The number of carbonyl (C=O) groups is 2. The van der Waals surface area contributed by atoms with Gasteiger partial charge in [-0.2, -0.15) is 0 Å². The van der Waals surface area contributed by atoms with Crippen molar-refractivity contribution in [2.75, 3.05) is 24.3 Å². The number of amides is 1. The topological polar surface area (TPSA) is 75.4 Å². The average Bonchev–Trinajstić information content (AvgIpc) is 2.83. The van der Waals surface area contributed by atoms with Crippen molar-refractivity contribution in [2.24, 2.45) is 5.41 Å². The van der Waals surface area contributed by atoms with Gasteiger partial charge in [0.05, 0.1) is 11.3 Å². The number of pyridine rings is 1. The molecule has 0 saturated heterocycles. The average molecular weight is 341 g/mol. The monoisotopic (exact) mass is 341 g/mol. The molecule has 1 aliphatic carbocycles. The minimum atomic E-state index is -0.367. The highest BCUT2D eigenvalue weighted by atomic mass is 16.4. The number of ketones is 1. The number of fused-ring (bicyclic) bond motifs is 1. The first-order chi connectivity index (χ1) is 11.7. The molecule has 1 aliphatic rings. The molecule has 0 aliphatic heterocycles. The Hall–Kier alpha value is -2.63. The Morgan fingerprint density at radius 2 is 2.04 bits per heavy atom. The largest absolute Gasteiger partial charge is 0.455 e. The summed E-state index contributed by atoms with van der Waals surface area (Å²) in [6, 6.07) is 3.54. The number of carbonyl (C=O) groups excluding carboxylic acids is 2. The van der Waals surface area contributed by atoms with Crippen molar-refractivity contribution in [3.05, 3.63) is 41.0 Å². The zero-order valence-corrected chi connectivity index (χ0v) is 15.3. The van der Waals surface area contributed by atoms with Gasteiger partial charge >= 0.3 is 0 Å². The van der Waals surface area contributed by atoms with Gasteiger partial charge in [-0.3, -0.25) is 9.59 Å². The first kappa shape index (κ1) is 17.2. The molecule has 0 atom stereocenters. The number of nitrogens with zero attached hydrogens (tertiary/aromatic N) is 2. The summed E-state index contributed by atoms with van der Waals surface area (Å²) >= 11 is 0. The number of anilines is 2. The Balaban J connectivity index is 1.94. The van der Waals surface area contributed by atoms with Crippen LogP contribution in [0.4, 0.5) is 11.5 Å². The van der Waals surface area contributed by atoms with Crippen LogP contribution in [-0.4, -0.2) is 30.8 Å². The van der Waals surface area contributed by atoms with E-state index in [0.29, 0.717) is 41.2 Å². The van der Waals surface area contributed by atoms with Crippen LogP contribution in [0.3, 0.4) is 0 Å². The number of hydrogen-bond acceptors (Lipinski definition) is 5. The molecule has 6 nitrogen and oxygen atoms in total. The molecule has 0 unspecified atom stereocenters. The SMILES string of the molecule is Cc1c(C(=O)Nc2cccnc2N(C)C)oc2c1C(=O)CC(C)(C)C2. The molecule has 0 bridgehead atoms. The number of rotatable bonds is 3. The molecule has 132 valence electrons. The highest BCUT2D eigenvalue weighted by Gasteiger charge is 2.37. The Labute approximate surface area is 147 Å². The molecule has 2 aromatic heterocycles. The minimum Gasteiger partial charge on any atom is -0.455 e. The van der Waals surface area contributed by atoms with Gasteiger partial charge in [0.1, 0.15) is 5.76 Å². The van der Waals surface area contributed by atoms with Crippen LogP contribution < -0.4 is 10.2 Å². The molecule has 25 heavy (non-hydrogen) atoms. The lowest BCUT2D eigenvalue weighted by Crippen LogP contribution is -2.26. The Bertz CT molecular complexity index is 850. The van der Waals surface area contributed by atoms with Gasteiger partial charge in [0, 0.05) is 38.7 Å². The fourth-order valence-corrected chi connectivity index (χ4v) is 3.33. The van der Waals surface area contributed by atoms with Crippen molar-refractivity contribution in [1.82, 2.24) is 4.98 Å². The van der Waals surface area contributed by atoms with Crippen LogP contribution in [0.5, 0.6) is 0 Å². The normalized spacial score (nSPS) is 15.6. The highest BCUT2D eigenvalue weighted by molar-refractivity contribution is 6.08. The van der Waals surface area contributed by atoms with Gasteiger partial charge < -0.3 is 14.6 Å². The summed E-state index contributed by atoms with van der Waals surface area (Å²) in [4.78, 5) is 31.3. The standard InChI is InChI=1S/C19H23N3O3/c1-11-15-13(23)9-19(2,3)10-14(15)25-16(11)18(24)21-12-7-6-8-20-17(12)22(4)5/h6-8H,9-10H2,1-5H3,(H,21,24). The van der Waals surface area contributed by atoms with Gasteiger partial charge in [0.15, 0.2) is 17.4 Å². The van der Waals surface area contributed by atoms with E-state index in [1.807, 2.05) is 32.8 Å². The summed E-state index contributed by atoms with van der Waals surface area (Å²) in [5.74, 6) is 1.14. The third-order valence-corrected chi connectivity index (χ3v) is 4.44. The molecule has 1 amide bonds. The van der Waals surface area contributed by atoms with E-state index in [1.165, 1.54) is 0 Å². The van der Waals surface area contributed by atoms with Crippen LogP contribution in [0.2, 0.25) is 0 Å². The summed E-state index contributed by atoms with van der Waals surface area (Å²) < 4.78 is 5.81. The third-order valence-electron chi connectivity index (χ3n) is 4.44. The second-order valence-electron chi connectivity index (χ2n) is 7.52. The van der Waals surface area contributed by atoms with Gasteiger partial charge in [0.2, 0.25) is 0 Å². The third kappa shape index (κ3) is 3.16. The Morgan fingerprint density at radius 1 is 1.32 bits per heavy atom. The summed E-state index contributed by atoms with van der Waals surface area (Å²) in [5, 5.41) is 2.85. The van der Waals surface area contributed by atoms with Gasteiger partial charge in [-0.25, -0.2) is 4.98 Å². The van der Waals surface area contributed by atoms with Crippen molar-refractivity contribution in [2.45, 2.75) is 33.6 Å². The fraction of sp³-hybridized carbons (Fsp3) is 0.421. The molecule has 0 radical (unpaired) electrons. The number of Topliss-reactive ketones (excluding diaryl/α,β-unsaturated/α-hetero) is 1. The molecular formula is C19H23N3O3. The smallest absolute Gasteiger partial charge is 0.291 e. The van der Waals surface area contributed by atoms with Crippen molar-refractivity contribution >= 4 is 23.2 Å². The maximum atomic E-state index is 12.7. The molecule has 3 rings (SSSR count). The van der Waals surface area contributed by atoms with E-state index in [2.05, 4.69) is 10.3 Å². The number of hydrogen-bond donors (Lipinski definition) is 1. The lowest BCUT2D eigenvalue weighted by atomic mass is 9.76. The van der Waals surface area contributed by atoms with Gasteiger partial charge in [0.25, 0.3) is 5.91 Å². The van der Waals surface area contributed by atoms with Crippen molar-refractivity contribution in [3.8, 4) is 0 Å². The molecule has 6 heteroatoms. The fourth-order valence-electron chi connectivity index (χ4n) is 3.33.